The number of aromatic carboxylic acids is 1. The van der Waals surface area contributed by atoms with E-state index in [0.717, 1.165) is 13.0 Å². The second-order valence-electron chi connectivity index (χ2n) is 7.58. The van der Waals surface area contributed by atoms with Crippen molar-refractivity contribution in [2.45, 2.75) is 91.5 Å². The molecule has 0 fully saturated rings. The van der Waals surface area contributed by atoms with Gasteiger partial charge in [-0.1, -0.05) is 72.1 Å². The zero-order valence-corrected chi connectivity index (χ0v) is 15.3. The predicted octanol–water partition coefficient (Wildman–Crippen LogP) is 6.13. The fourth-order valence-electron chi connectivity index (χ4n) is 3.00. The molecule has 0 saturated heterocycles. The Morgan fingerprint density at radius 3 is 2.22 bits per heavy atom. The Hall–Kier alpha value is -1.25. The van der Waals surface area contributed by atoms with E-state index in [2.05, 4.69) is 20.8 Å². The van der Waals surface area contributed by atoms with E-state index in [4.69, 9.17) is 5.11 Å². The second kappa shape index (κ2) is 10.5. The molecular weight excluding hydrogens is 286 g/mol. The molecule has 23 heavy (non-hydrogen) atoms. The molecule has 1 aromatic rings. The molecule has 0 bridgehead atoms. The van der Waals surface area contributed by atoms with Gasteiger partial charge in [-0.2, -0.15) is 0 Å². The minimum atomic E-state index is -0.845. The van der Waals surface area contributed by atoms with Gasteiger partial charge in [0.05, 0.1) is 5.56 Å². The molecule has 1 N–H and O–H groups in total. The Balaban J connectivity index is 2.13. The zero-order chi connectivity index (χ0) is 17.1. The van der Waals surface area contributed by atoms with Gasteiger partial charge in [0.2, 0.25) is 0 Å². The van der Waals surface area contributed by atoms with Crippen LogP contribution in [0.1, 0.15) is 95.3 Å². The number of hydrogen-bond acceptors (Lipinski definition) is 1. The maximum atomic E-state index is 10.9. The average molecular weight is 322 g/mol. The molecule has 0 radical (unpaired) electrons. The summed E-state index contributed by atoms with van der Waals surface area (Å²) >= 11 is 0. The molecule has 0 aliphatic heterocycles. The van der Waals surface area contributed by atoms with Gasteiger partial charge in [-0.05, 0) is 24.3 Å². The van der Waals surface area contributed by atoms with Crippen molar-refractivity contribution >= 4 is 5.97 Å². The molecule has 1 aromatic heterocycles. The fraction of sp³-hybridized carbons (Fsp3) is 0.750. The Kier molecular flexibility index (Phi) is 9.05. The maximum absolute atomic E-state index is 10.9. The molecule has 1 heterocycles. The number of carboxylic acid groups (broad SMARTS) is 1. The summed E-state index contributed by atoms with van der Waals surface area (Å²) in [5, 5.41) is 8.95. The predicted molar refractivity (Wildman–Crippen MR) is 97.0 cm³/mol. The summed E-state index contributed by atoms with van der Waals surface area (Å²) in [7, 11) is 0. The molecule has 0 aromatic carbocycles. The van der Waals surface area contributed by atoms with Crippen LogP contribution in [0.2, 0.25) is 0 Å². The number of aryl methyl sites for hydroxylation is 1. The number of nitrogens with zero attached hydrogens (tertiary/aromatic N) is 1. The van der Waals surface area contributed by atoms with E-state index >= 15 is 0 Å². The van der Waals surface area contributed by atoms with Gasteiger partial charge in [0, 0.05) is 18.9 Å². The smallest absolute Gasteiger partial charge is 0.337 e. The van der Waals surface area contributed by atoms with Crippen molar-refractivity contribution in [1.29, 1.82) is 0 Å². The molecule has 3 heteroatoms. The highest BCUT2D eigenvalue weighted by Gasteiger charge is 2.17. The van der Waals surface area contributed by atoms with Crippen molar-refractivity contribution in [1.82, 2.24) is 4.57 Å². The first-order valence-corrected chi connectivity index (χ1v) is 9.34. The third kappa shape index (κ3) is 8.83. The monoisotopic (exact) mass is 321 g/mol. The van der Waals surface area contributed by atoms with Crippen molar-refractivity contribution in [2.75, 3.05) is 0 Å². The van der Waals surface area contributed by atoms with Crippen molar-refractivity contribution < 1.29 is 9.90 Å². The van der Waals surface area contributed by atoms with Gasteiger partial charge in [0.15, 0.2) is 0 Å². The molecule has 132 valence electrons. The summed E-state index contributed by atoms with van der Waals surface area (Å²) < 4.78 is 2.00. The highest BCUT2D eigenvalue weighted by atomic mass is 16.4. The fourth-order valence-corrected chi connectivity index (χ4v) is 3.00. The number of rotatable bonds is 13. The van der Waals surface area contributed by atoms with Crippen molar-refractivity contribution in [3.63, 3.8) is 0 Å². The van der Waals surface area contributed by atoms with Crippen LogP contribution in [0.25, 0.3) is 0 Å². The van der Waals surface area contributed by atoms with Crippen LogP contribution in [0.4, 0.5) is 0 Å². The largest absolute Gasteiger partial charge is 0.478 e. The molecular formula is C20H35NO2. The lowest BCUT2D eigenvalue weighted by Crippen LogP contribution is -2.14. The SMILES string of the molecule is CCCCCCCCCCC(C)(C)CCn1ccc(C(=O)O)c1. The summed E-state index contributed by atoms with van der Waals surface area (Å²) in [5.41, 5.74) is 0.710. The third-order valence-corrected chi connectivity index (χ3v) is 4.75. The van der Waals surface area contributed by atoms with Gasteiger partial charge in [-0.15, -0.1) is 0 Å². The van der Waals surface area contributed by atoms with Gasteiger partial charge >= 0.3 is 5.97 Å². The molecule has 0 aliphatic rings. The number of carboxylic acids is 1. The molecule has 0 amide bonds. The second-order valence-corrected chi connectivity index (χ2v) is 7.58. The van der Waals surface area contributed by atoms with E-state index in [-0.39, 0.29) is 0 Å². The number of aromatic nitrogens is 1. The van der Waals surface area contributed by atoms with Gasteiger partial charge in [-0.3, -0.25) is 0 Å². The Bertz CT molecular complexity index is 448. The summed E-state index contributed by atoms with van der Waals surface area (Å²) in [5.74, 6) is -0.845. The van der Waals surface area contributed by atoms with Gasteiger partial charge in [-0.25, -0.2) is 4.79 Å². The number of unbranched alkanes of at least 4 members (excludes halogenated alkanes) is 7. The Morgan fingerprint density at radius 2 is 1.65 bits per heavy atom. The van der Waals surface area contributed by atoms with Crippen LogP contribution in [0.5, 0.6) is 0 Å². The van der Waals surface area contributed by atoms with E-state index in [1.807, 2.05) is 10.8 Å². The van der Waals surface area contributed by atoms with Crippen LogP contribution in [-0.2, 0) is 6.54 Å². The Morgan fingerprint density at radius 1 is 1.04 bits per heavy atom. The Labute approximate surface area is 142 Å². The lowest BCUT2D eigenvalue weighted by atomic mass is 9.83. The van der Waals surface area contributed by atoms with Gasteiger partial charge in [0.1, 0.15) is 0 Å². The highest BCUT2D eigenvalue weighted by Crippen LogP contribution is 2.29. The summed E-state index contributed by atoms with van der Waals surface area (Å²) in [6.45, 7) is 7.82. The lowest BCUT2D eigenvalue weighted by molar-refractivity contribution is 0.0697. The molecule has 3 nitrogen and oxygen atoms in total. The molecule has 0 aliphatic carbocycles. The molecule has 0 unspecified atom stereocenters. The van der Waals surface area contributed by atoms with Crippen LogP contribution in [0.3, 0.4) is 0 Å². The van der Waals surface area contributed by atoms with E-state index in [0.29, 0.717) is 11.0 Å². The van der Waals surface area contributed by atoms with Crippen LogP contribution >= 0.6 is 0 Å². The first kappa shape index (κ1) is 19.8. The minimum Gasteiger partial charge on any atom is -0.478 e. The maximum Gasteiger partial charge on any atom is 0.337 e. The zero-order valence-electron chi connectivity index (χ0n) is 15.3. The lowest BCUT2D eigenvalue weighted by Gasteiger charge is -2.25. The van der Waals surface area contributed by atoms with Crippen molar-refractivity contribution in [3.8, 4) is 0 Å². The van der Waals surface area contributed by atoms with Crippen molar-refractivity contribution in [3.05, 3.63) is 24.0 Å². The van der Waals surface area contributed by atoms with E-state index in [9.17, 15) is 4.79 Å². The minimum absolute atomic E-state index is 0.329. The van der Waals surface area contributed by atoms with Crippen LogP contribution in [0, 0.1) is 5.41 Å². The van der Waals surface area contributed by atoms with Gasteiger partial charge in [0.25, 0.3) is 0 Å². The highest BCUT2D eigenvalue weighted by molar-refractivity contribution is 5.87. The van der Waals surface area contributed by atoms with E-state index in [1.165, 1.54) is 57.8 Å². The molecule has 0 spiro atoms. The molecule has 1 rings (SSSR count). The summed E-state index contributed by atoms with van der Waals surface area (Å²) in [6, 6.07) is 1.67. The number of hydrogen-bond donors (Lipinski definition) is 1. The molecule has 0 saturated carbocycles. The third-order valence-electron chi connectivity index (χ3n) is 4.75. The first-order chi connectivity index (χ1) is 10.9. The van der Waals surface area contributed by atoms with Crippen molar-refractivity contribution in [2.24, 2.45) is 5.41 Å². The van der Waals surface area contributed by atoms with Crippen LogP contribution < -0.4 is 0 Å². The molecule has 0 atom stereocenters. The topological polar surface area (TPSA) is 42.2 Å². The summed E-state index contributed by atoms with van der Waals surface area (Å²) in [4.78, 5) is 10.9. The summed E-state index contributed by atoms with van der Waals surface area (Å²) in [6.07, 6.45) is 16.9. The average Bonchev–Trinajstić information content (AvgIpc) is 2.97. The van der Waals surface area contributed by atoms with E-state index in [1.54, 1.807) is 12.3 Å². The normalized spacial score (nSPS) is 11.8. The first-order valence-electron chi connectivity index (χ1n) is 9.34. The van der Waals surface area contributed by atoms with Crippen LogP contribution in [-0.4, -0.2) is 15.6 Å². The number of carbonyl (C=O) groups is 1. The van der Waals surface area contributed by atoms with Gasteiger partial charge < -0.3 is 9.67 Å². The standard InChI is InChI=1S/C20H35NO2/c1-4-5-6-7-8-9-10-11-13-20(2,3)14-16-21-15-12-18(17-21)19(22)23/h12,15,17H,4-11,13-14,16H2,1-3H3,(H,22,23). The van der Waals surface area contributed by atoms with Crippen LogP contribution in [0.15, 0.2) is 18.5 Å². The quantitative estimate of drug-likeness (QED) is 0.444. The van der Waals surface area contributed by atoms with E-state index < -0.39 is 5.97 Å².